The van der Waals surface area contributed by atoms with Gasteiger partial charge in [-0.3, -0.25) is 4.79 Å². The minimum absolute atomic E-state index is 0.0417. The third-order valence-corrected chi connectivity index (χ3v) is 2.96. The van der Waals surface area contributed by atoms with Gasteiger partial charge in [0.2, 0.25) is 5.91 Å². The summed E-state index contributed by atoms with van der Waals surface area (Å²) in [7, 11) is 0. The molecule has 0 bridgehead atoms. The van der Waals surface area contributed by atoms with Crippen LogP contribution in [-0.4, -0.2) is 36.8 Å². The van der Waals surface area contributed by atoms with Crippen LogP contribution < -0.4 is 11.1 Å². The number of aromatic nitrogens is 1. The first-order valence-corrected chi connectivity index (χ1v) is 6.41. The molecule has 1 saturated heterocycles. The molecule has 1 atom stereocenters. The molecule has 104 valence electrons. The zero-order valence-electron chi connectivity index (χ0n) is 10.8. The predicted molar refractivity (Wildman–Crippen MR) is 70.3 cm³/mol. The Morgan fingerprint density at radius 2 is 2.53 bits per heavy atom. The van der Waals surface area contributed by atoms with Gasteiger partial charge in [0.25, 0.3) is 0 Å². The zero-order valence-corrected chi connectivity index (χ0v) is 10.8. The average molecular weight is 265 g/mol. The third-order valence-electron chi connectivity index (χ3n) is 2.96. The first-order chi connectivity index (χ1) is 9.25. The van der Waals surface area contributed by atoms with E-state index in [-0.39, 0.29) is 18.6 Å². The summed E-state index contributed by atoms with van der Waals surface area (Å²) in [5.41, 5.74) is 6.48. The Morgan fingerprint density at radius 1 is 1.63 bits per heavy atom. The molecule has 0 aromatic carbocycles. The molecule has 6 heteroatoms. The summed E-state index contributed by atoms with van der Waals surface area (Å²) in [6, 6.07) is 3.61. The Bertz CT molecular complexity index is 419. The number of carbonyl (C=O) groups excluding carboxylic acids is 1. The molecule has 19 heavy (non-hydrogen) atoms. The highest BCUT2D eigenvalue weighted by Gasteiger charge is 2.15. The molecule has 0 unspecified atom stereocenters. The lowest BCUT2D eigenvalue weighted by Gasteiger charge is -2.10. The van der Waals surface area contributed by atoms with E-state index < -0.39 is 0 Å². The van der Waals surface area contributed by atoms with Gasteiger partial charge in [-0.05, 0) is 18.9 Å². The number of anilines is 1. The molecule has 1 fully saturated rings. The molecule has 0 saturated carbocycles. The second-order valence-corrected chi connectivity index (χ2v) is 4.47. The molecule has 6 nitrogen and oxygen atoms in total. The number of pyridine rings is 1. The lowest BCUT2D eigenvalue weighted by Crippen LogP contribution is -2.29. The number of amides is 1. The highest BCUT2D eigenvalue weighted by Crippen LogP contribution is 2.11. The first-order valence-electron chi connectivity index (χ1n) is 6.41. The Balaban J connectivity index is 1.63. The van der Waals surface area contributed by atoms with E-state index in [1.807, 2.05) is 6.07 Å². The second-order valence-electron chi connectivity index (χ2n) is 4.47. The molecular weight excluding hydrogens is 246 g/mol. The fraction of sp³-hybridized carbons (Fsp3) is 0.538. The maximum atomic E-state index is 11.6. The van der Waals surface area contributed by atoms with Gasteiger partial charge in [-0.1, -0.05) is 6.07 Å². The maximum Gasteiger partial charge on any atom is 0.246 e. The second kappa shape index (κ2) is 7.06. The number of nitrogens with two attached hydrogens (primary N) is 1. The summed E-state index contributed by atoms with van der Waals surface area (Å²) in [4.78, 5) is 15.5. The van der Waals surface area contributed by atoms with E-state index in [0.717, 1.165) is 25.0 Å². The van der Waals surface area contributed by atoms with Crippen molar-refractivity contribution in [2.75, 3.05) is 25.6 Å². The van der Waals surface area contributed by atoms with Crippen molar-refractivity contribution in [1.82, 2.24) is 10.3 Å². The fourth-order valence-corrected chi connectivity index (χ4v) is 1.90. The van der Waals surface area contributed by atoms with E-state index in [4.69, 9.17) is 15.2 Å². The Kier molecular flexibility index (Phi) is 5.11. The van der Waals surface area contributed by atoms with Crippen molar-refractivity contribution in [2.24, 2.45) is 0 Å². The number of nitrogens with one attached hydrogen (secondary N) is 1. The summed E-state index contributed by atoms with van der Waals surface area (Å²) >= 11 is 0. The molecule has 3 N–H and O–H groups in total. The molecule has 1 aromatic heterocycles. The number of hydrogen-bond donors (Lipinski definition) is 2. The first kappa shape index (κ1) is 13.8. The SMILES string of the molecule is Nc1ncccc1CNC(=O)COC[C@@H]1CCCO1. The van der Waals surface area contributed by atoms with Gasteiger partial charge in [0, 0.05) is 24.9 Å². The van der Waals surface area contributed by atoms with Crippen LogP contribution in [0, 0.1) is 0 Å². The minimum atomic E-state index is -0.166. The van der Waals surface area contributed by atoms with Crippen LogP contribution in [0.3, 0.4) is 0 Å². The number of nitrogen functional groups attached to an aromatic ring is 1. The van der Waals surface area contributed by atoms with Crippen LogP contribution in [0.2, 0.25) is 0 Å². The monoisotopic (exact) mass is 265 g/mol. The van der Waals surface area contributed by atoms with Crippen LogP contribution in [0.4, 0.5) is 5.82 Å². The van der Waals surface area contributed by atoms with Gasteiger partial charge >= 0.3 is 0 Å². The van der Waals surface area contributed by atoms with Gasteiger partial charge in [-0.15, -0.1) is 0 Å². The molecule has 1 aliphatic rings. The smallest absolute Gasteiger partial charge is 0.246 e. The van der Waals surface area contributed by atoms with Crippen molar-refractivity contribution in [1.29, 1.82) is 0 Å². The largest absolute Gasteiger partial charge is 0.383 e. The van der Waals surface area contributed by atoms with Crippen molar-refractivity contribution in [3.05, 3.63) is 23.9 Å². The van der Waals surface area contributed by atoms with Crippen molar-refractivity contribution in [3.8, 4) is 0 Å². The van der Waals surface area contributed by atoms with Crippen molar-refractivity contribution >= 4 is 11.7 Å². The van der Waals surface area contributed by atoms with Crippen LogP contribution in [0.1, 0.15) is 18.4 Å². The minimum Gasteiger partial charge on any atom is -0.383 e. The highest BCUT2D eigenvalue weighted by atomic mass is 16.5. The number of carbonyl (C=O) groups is 1. The van der Waals surface area contributed by atoms with Gasteiger partial charge < -0.3 is 20.5 Å². The van der Waals surface area contributed by atoms with Crippen LogP contribution in [0.5, 0.6) is 0 Å². The summed E-state index contributed by atoms with van der Waals surface area (Å²) in [6.45, 7) is 1.67. The standard InChI is InChI=1S/C13H19N3O3/c14-13-10(3-1-5-15-13)7-16-12(17)9-18-8-11-4-2-6-19-11/h1,3,5,11H,2,4,6-9H2,(H2,14,15)(H,16,17)/t11-/m0/s1. The average Bonchev–Trinajstić information content (AvgIpc) is 2.91. The number of rotatable bonds is 6. The summed E-state index contributed by atoms with van der Waals surface area (Å²) in [6.07, 6.45) is 3.83. The molecule has 1 aliphatic heterocycles. The zero-order chi connectivity index (χ0) is 13.5. The van der Waals surface area contributed by atoms with E-state index in [2.05, 4.69) is 10.3 Å². The van der Waals surface area contributed by atoms with Gasteiger partial charge in [-0.25, -0.2) is 4.98 Å². The highest BCUT2D eigenvalue weighted by molar-refractivity contribution is 5.77. The molecule has 1 aromatic rings. The van der Waals surface area contributed by atoms with Gasteiger partial charge in [0.05, 0.1) is 12.7 Å². The van der Waals surface area contributed by atoms with Gasteiger partial charge in [0.1, 0.15) is 12.4 Å². The van der Waals surface area contributed by atoms with E-state index in [0.29, 0.717) is 19.0 Å². The van der Waals surface area contributed by atoms with Crippen LogP contribution in [0.15, 0.2) is 18.3 Å². The summed E-state index contributed by atoms with van der Waals surface area (Å²) in [5, 5.41) is 2.74. The lowest BCUT2D eigenvalue weighted by atomic mass is 10.2. The van der Waals surface area contributed by atoms with Crippen LogP contribution >= 0.6 is 0 Å². The van der Waals surface area contributed by atoms with E-state index >= 15 is 0 Å². The lowest BCUT2D eigenvalue weighted by molar-refractivity contribution is -0.127. The van der Waals surface area contributed by atoms with Crippen LogP contribution in [-0.2, 0) is 20.8 Å². The molecule has 0 spiro atoms. The topological polar surface area (TPSA) is 86.5 Å². The van der Waals surface area contributed by atoms with E-state index in [1.54, 1.807) is 12.3 Å². The maximum absolute atomic E-state index is 11.6. The fourth-order valence-electron chi connectivity index (χ4n) is 1.90. The quantitative estimate of drug-likeness (QED) is 0.781. The van der Waals surface area contributed by atoms with Crippen molar-refractivity contribution < 1.29 is 14.3 Å². The summed E-state index contributed by atoms with van der Waals surface area (Å²) in [5.74, 6) is 0.268. The Labute approximate surface area is 112 Å². The number of hydrogen-bond acceptors (Lipinski definition) is 5. The van der Waals surface area contributed by atoms with Gasteiger partial charge in [-0.2, -0.15) is 0 Å². The Hall–Kier alpha value is -1.66. The predicted octanol–water partition coefficient (Wildman–Crippen LogP) is 0.476. The molecule has 0 aliphatic carbocycles. The summed E-state index contributed by atoms with van der Waals surface area (Å²) < 4.78 is 10.7. The van der Waals surface area contributed by atoms with Crippen molar-refractivity contribution in [2.45, 2.75) is 25.5 Å². The molecular formula is C13H19N3O3. The molecule has 0 radical (unpaired) electrons. The number of nitrogens with zero attached hydrogens (tertiary/aromatic N) is 1. The van der Waals surface area contributed by atoms with E-state index in [1.165, 1.54) is 0 Å². The number of ether oxygens (including phenoxy) is 2. The van der Waals surface area contributed by atoms with Crippen LogP contribution in [0.25, 0.3) is 0 Å². The van der Waals surface area contributed by atoms with Gasteiger partial charge in [0.15, 0.2) is 0 Å². The molecule has 2 rings (SSSR count). The van der Waals surface area contributed by atoms with Crippen molar-refractivity contribution in [3.63, 3.8) is 0 Å². The Morgan fingerprint density at radius 3 is 3.26 bits per heavy atom. The normalized spacial score (nSPS) is 18.4. The molecule has 1 amide bonds. The van der Waals surface area contributed by atoms with E-state index in [9.17, 15) is 4.79 Å². The third kappa shape index (κ3) is 4.50. The molecule has 2 heterocycles.